The van der Waals surface area contributed by atoms with E-state index in [1.54, 1.807) is 18.2 Å². The minimum Gasteiger partial charge on any atom is -0.465 e. The third kappa shape index (κ3) is 5.27. The first-order valence-corrected chi connectivity index (χ1v) is 10.9. The second-order valence-corrected chi connectivity index (χ2v) is 8.95. The lowest BCUT2D eigenvalue weighted by Crippen LogP contribution is -2.45. The first-order valence-electron chi connectivity index (χ1n) is 8.71. The highest BCUT2D eigenvalue weighted by Crippen LogP contribution is 2.27. The van der Waals surface area contributed by atoms with Crippen molar-refractivity contribution in [3.05, 3.63) is 58.1 Å². The molecule has 0 heterocycles. The van der Waals surface area contributed by atoms with Gasteiger partial charge in [0.15, 0.2) is 0 Å². The third-order valence-electron chi connectivity index (χ3n) is 4.48. The van der Waals surface area contributed by atoms with Gasteiger partial charge in [-0.15, -0.1) is 0 Å². The number of rotatable bonds is 6. The summed E-state index contributed by atoms with van der Waals surface area (Å²) in [6.07, 6.45) is 1.04. The molecule has 29 heavy (non-hydrogen) atoms. The first-order chi connectivity index (χ1) is 13.5. The van der Waals surface area contributed by atoms with Crippen LogP contribution in [0.5, 0.6) is 0 Å². The fourth-order valence-corrected chi connectivity index (χ4v) is 4.11. The van der Waals surface area contributed by atoms with Gasteiger partial charge >= 0.3 is 5.97 Å². The zero-order valence-corrected chi connectivity index (χ0v) is 18.4. The van der Waals surface area contributed by atoms with Crippen molar-refractivity contribution in [3.8, 4) is 0 Å². The summed E-state index contributed by atoms with van der Waals surface area (Å²) in [6, 6.07) is 8.38. The van der Waals surface area contributed by atoms with Gasteiger partial charge in [0.05, 0.1) is 35.3 Å². The lowest BCUT2D eigenvalue weighted by Gasteiger charge is -2.28. The Morgan fingerprint density at radius 2 is 1.76 bits per heavy atom. The Labute approximate surface area is 175 Å². The Bertz CT molecular complexity index is 1050. The van der Waals surface area contributed by atoms with Crippen molar-refractivity contribution in [1.29, 1.82) is 0 Å². The zero-order valence-electron chi connectivity index (χ0n) is 16.8. The van der Waals surface area contributed by atoms with Crippen molar-refractivity contribution in [2.45, 2.75) is 26.8 Å². The van der Waals surface area contributed by atoms with Gasteiger partial charge in [0.2, 0.25) is 15.9 Å². The summed E-state index contributed by atoms with van der Waals surface area (Å²) in [5.74, 6) is -1.18. The number of hydrogen-bond acceptors (Lipinski definition) is 5. The molecule has 9 heteroatoms. The number of ether oxygens (including phenoxy) is 1. The average molecular weight is 439 g/mol. The SMILES string of the molecule is COC(=O)c1ccc(Cl)c(NC(=O)[C@@H](C)N(c2ccc(C)c(C)c2)S(C)(=O)=O)c1. The predicted molar refractivity (Wildman–Crippen MR) is 114 cm³/mol. The molecule has 0 saturated heterocycles. The van der Waals surface area contributed by atoms with E-state index < -0.39 is 27.9 Å². The molecule has 1 atom stereocenters. The first kappa shape index (κ1) is 22.7. The van der Waals surface area contributed by atoms with E-state index in [1.807, 2.05) is 13.8 Å². The Morgan fingerprint density at radius 3 is 2.31 bits per heavy atom. The number of hydrogen-bond donors (Lipinski definition) is 1. The number of nitrogens with zero attached hydrogens (tertiary/aromatic N) is 1. The third-order valence-corrected chi connectivity index (χ3v) is 6.05. The maximum absolute atomic E-state index is 12.8. The van der Waals surface area contributed by atoms with Gasteiger partial charge in [0.25, 0.3) is 0 Å². The topological polar surface area (TPSA) is 92.8 Å². The molecular formula is C20H23ClN2O5S. The van der Waals surface area contributed by atoms with Crippen LogP contribution in [0.1, 0.15) is 28.4 Å². The second kappa shape index (κ2) is 8.84. The van der Waals surface area contributed by atoms with Crippen molar-refractivity contribution in [2.75, 3.05) is 23.0 Å². The molecule has 0 unspecified atom stereocenters. The monoisotopic (exact) mass is 438 g/mol. The number of anilines is 2. The number of aryl methyl sites for hydroxylation is 2. The van der Waals surface area contributed by atoms with Gasteiger partial charge in [-0.25, -0.2) is 13.2 Å². The van der Waals surface area contributed by atoms with Crippen LogP contribution in [0.3, 0.4) is 0 Å². The number of esters is 1. The number of carbonyl (C=O) groups excluding carboxylic acids is 2. The summed E-state index contributed by atoms with van der Waals surface area (Å²) in [5, 5.41) is 2.80. The standard InChI is InChI=1S/C20H23ClN2O5S/c1-12-6-8-16(10-13(12)2)23(29(5,26)27)14(3)19(24)22-18-11-15(20(25)28-4)7-9-17(18)21/h6-11,14H,1-5H3,(H,22,24)/t14-/m1/s1. The molecule has 0 aliphatic heterocycles. The van der Waals surface area contributed by atoms with E-state index in [0.717, 1.165) is 21.7 Å². The van der Waals surface area contributed by atoms with Crippen molar-refractivity contribution < 1.29 is 22.7 Å². The molecule has 0 fully saturated rings. The van der Waals surface area contributed by atoms with Gasteiger partial charge in [0, 0.05) is 0 Å². The highest BCUT2D eigenvalue weighted by molar-refractivity contribution is 7.92. The highest BCUT2D eigenvalue weighted by atomic mass is 35.5. The van der Waals surface area contributed by atoms with Crippen LogP contribution < -0.4 is 9.62 Å². The second-order valence-electron chi connectivity index (χ2n) is 6.68. The molecule has 7 nitrogen and oxygen atoms in total. The van der Waals surface area contributed by atoms with E-state index in [-0.39, 0.29) is 16.3 Å². The van der Waals surface area contributed by atoms with Crippen LogP contribution in [-0.4, -0.2) is 39.7 Å². The molecular weight excluding hydrogens is 416 g/mol. The van der Waals surface area contributed by atoms with E-state index in [2.05, 4.69) is 10.1 Å². The van der Waals surface area contributed by atoms with E-state index >= 15 is 0 Å². The number of halogens is 1. The molecule has 0 saturated carbocycles. The van der Waals surface area contributed by atoms with E-state index in [9.17, 15) is 18.0 Å². The van der Waals surface area contributed by atoms with E-state index in [0.29, 0.717) is 5.69 Å². The maximum atomic E-state index is 12.8. The molecule has 1 amide bonds. The molecule has 0 aliphatic carbocycles. The number of benzene rings is 2. The summed E-state index contributed by atoms with van der Waals surface area (Å²) < 4.78 is 30.6. The molecule has 1 N–H and O–H groups in total. The molecule has 0 bridgehead atoms. The Hall–Kier alpha value is -2.58. The largest absolute Gasteiger partial charge is 0.465 e. The van der Waals surface area contributed by atoms with Crippen LogP contribution in [0.15, 0.2) is 36.4 Å². The Balaban J connectivity index is 2.37. The minimum absolute atomic E-state index is 0.181. The van der Waals surface area contributed by atoms with Gasteiger partial charge in [-0.3, -0.25) is 9.10 Å². The van der Waals surface area contributed by atoms with Gasteiger partial charge < -0.3 is 10.1 Å². The fourth-order valence-electron chi connectivity index (χ4n) is 2.77. The van der Waals surface area contributed by atoms with Crippen LogP contribution in [0, 0.1) is 13.8 Å². The lowest BCUT2D eigenvalue weighted by atomic mass is 10.1. The summed E-state index contributed by atoms with van der Waals surface area (Å²) >= 11 is 6.12. The quantitative estimate of drug-likeness (QED) is 0.696. The number of sulfonamides is 1. The molecule has 2 aromatic carbocycles. The Morgan fingerprint density at radius 1 is 1.10 bits per heavy atom. The maximum Gasteiger partial charge on any atom is 0.337 e. The van der Waals surface area contributed by atoms with E-state index in [1.165, 1.54) is 32.2 Å². The summed E-state index contributed by atoms with van der Waals surface area (Å²) in [7, 11) is -2.51. The molecule has 0 spiro atoms. The van der Waals surface area contributed by atoms with Crippen molar-refractivity contribution in [3.63, 3.8) is 0 Å². The number of methoxy groups -OCH3 is 1. The minimum atomic E-state index is -3.75. The summed E-state index contributed by atoms with van der Waals surface area (Å²) in [5.41, 5.74) is 2.67. The van der Waals surface area contributed by atoms with Gasteiger partial charge in [-0.1, -0.05) is 17.7 Å². The number of carbonyl (C=O) groups is 2. The Kier molecular flexibility index (Phi) is 6.92. The van der Waals surface area contributed by atoms with Crippen LogP contribution in [0.2, 0.25) is 5.02 Å². The summed E-state index contributed by atoms with van der Waals surface area (Å²) in [4.78, 5) is 24.6. The molecule has 0 aromatic heterocycles. The highest BCUT2D eigenvalue weighted by Gasteiger charge is 2.29. The van der Waals surface area contributed by atoms with Crippen LogP contribution in [-0.2, 0) is 19.6 Å². The number of amides is 1. The van der Waals surface area contributed by atoms with Gasteiger partial charge in [-0.05, 0) is 62.2 Å². The van der Waals surface area contributed by atoms with Crippen molar-refractivity contribution in [2.24, 2.45) is 0 Å². The van der Waals surface area contributed by atoms with Crippen molar-refractivity contribution >= 4 is 44.9 Å². The van der Waals surface area contributed by atoms with Gasteiger partial charge in [-0.2, -0.15) is 0 Å². The average Bonchev–Trinajstić information content (AvgIpc) is 2.64. The predicted octanol–water partition coefficient (Wildman–Crippen LogP) is 3.54. The molecule has 0 aliphatic rings. The van der Waals surface area contributed by atoms with Crippen LogP contribution in [0.4, 0.5) is 11.4 Å². The lowest BCUT2D eigenvalue weighted by molar-refractivity contribution is -0.116. The molecule has 156 valence electrons. The summed E-state index contributed by atoms with van der Waals surface area (Å²) in [6.45, 7) is 5.25. The smallest absolute Gasteiger partial charge is 0.337 e. The molecule has 2 rings (SSSR count). The van der Waals surface area contributed by atoms with Crippen LogP contribution in [0.25, 0.3) is 0 Å². The van der Waals surface area contributed by atoms with Crippen LogP contribution >= 0.6 is 11.6 Å². The normalized spacial score (nSPS) is 12.2. The van der Waals surface area contributed by atoms with E-state index in [4.69, 9.17) is 11.6 Å². The van der Waals surface area contributed by atoms with Crippen molar-refractivity contribution in [1.82, 2.24) is 0 Å². The van der Waals surface area contributed by atoms with Gasteiger partial charge in [0.1, 0.15) is 6.04 Å². The zero-order chi connectivity index (χ0) is 21.9. The molecule has 2 aromatic rings. The fraction of sp³-hybridized carbons (Fsp3) is 0.300. The number of nitrogens with one attached hydrogen (secondary N) is 1. The molecule has 0 radical (unpaired) electrons.